The molecule has 0 saturated carbocycles. The summed E-state index contributed by atoms with van der Waals surface area (Å²) in [6.07, 6.45) is 2.51. The molecule has 3 nitrogen and oxygen atoms in total. The van der Waals surface area contributed by atoms with Crippen molar-refractivity contribution in [3.05, 3.63) is 57.6 Å². The van der Waals surface area contributed by atoms with Crippen LogP contribution in [0.5, 0.6) is 0 Å². The molecular formula is C14H13F2N3S. The van der Waals surface area contributed by atoms with E-state index in [1.165, 1.54) is 18.2 Å². The first kappa shape index (κ1) is 13.3. The van der Waals surface area contributed by atoms with E-state index in [2.05, 4.69) is 9.97 Å². The van der Waals surface area contributed by atoms with Crippen LogP contribution in [0.15, 0.2) is 24.4 Å². The molecular weight excluding hydrogens is 280 g/mol. The van der Waals surface area contributed by atoms with Crippen LogP contribution in [0.4, 0.5) is 8.78 Å². The van der Waals surface area contributed by atoms with E-state index in [1.807, 2.05) is 4.90 Å². The zero-order valence-corrected chi connectivity index (χ0v) is 11.5. The third-order valence-corrected chi connectivity index (χ3v) is 3.71. The Hall–Kier alpha value is -1.66. The van der Waals surface area contributed by atoms with Crippen molar-refractivity contribution in [1.29, 1.82) is 0 Å². The average molecular weight is 293 g/mol. The summed E-state index contributed by atoms with van der Waals surface area (Å²) in [6, 6.07) is 3.95. The topological polar surface area (TPSA) is 31.9 Å². The van der Waals surface area contributed by atoms with Gasteiger partial charge in [-0.15, -0.1) is 0 Å². The van der Waals surface area contributed by atoms with Gasteiger partial charge in [-0.05, 0) is 24.4 Å². The summed E-state index contributed by atoms with van der Waals surface area (Å²) in [7, 11) is 0. The van der Waals surface area contributed by atoms with Gasteiger partial charge in [0.25, 0.3) is 0 Å². The molecule has 1 aliphatic heterocycles. The Morgan fingerprint density at radius 2 is 2.05 bits per heavy atom. The van der Waals surface area contributed by atoms with Crippen LogP contribution in [0.3, 0.4) is 0 Å². The average Bonchev–Trinajstić information content (AvgIpc) is 2.43. The first-order valence-corrected chi connectivity index (χ1v) is 6.76. The van der Waals surface area contributed by atoms with Gasteiger partial charge in [-0.1, -0.05) is 6.07 Å². The molecule has 2 heterocycles. The predicted octanol–water partition coefficient (Wildman–Crippen LogP) is 2.98. The van der Waals surface area contributed by atoms with Crippen LogP contribution in [0.1, 0.15) is 16.8 Å². The molecule has 0 radical (unpaired) electrons. The van der Waals surface area contributed by atoms with Crippen molar-refractivity contribution in [2.24, 2.45) is 0 Å². The van der Waals surface area contributed by atoms with E-state index in [0.29, 0.717) is 11.3 Å². The number of nitrogens with one attached hydrogen (secondary N) is 1. The molecule has 1 N–H and O–H groups in total. The van der Waals surface area contributed by atoms with Crippen LogP contribution < -0.4 is 0 Å². The Morgan fingerprint density at radius 3 is 2.80 bits per heavy atom. The largest absolute Gasteiger partial charge is 0.334 e. The van der Waals surface area contributed by atoms with Crippen LogP contribution >= 0.6 is 12.2 Å². The Morgan fingerprint density at radius 1 is 1.30 bits per heavy atom. The van der Waals surface area contributed by atoms with Gasteiger partial charge in [0.1, 0.15) is 11.6 Å². The molecule has 1 aromatic heterocycles. The van der Waals surface area contributed by atoms with Crippen molar-refractivity contribution >= 4 is 12.2 Å². The fourth-order valence-corrected chi connectivity index (χ4v) is 2.62. The second kappa shape index (κ2) is 5.38. The Kier molecular flexibility index (Phi) is 3.58. The van der Waals surface area contributed by atoms with E-state index >= 15 is 0 Å². The van der Waals surface area contributed by atoms with E-state index in [-0.39, 0.29) is 12.1 Å². The molecule has 2 aromatic rings. The number of hydrogen-bond acceptors (Lipinski definition) is 3. The zero-order valence-electron chi connectivity index (χ0n) is 10.7. The van der Waals surface area contributed by atoms with Gasteiger partial charge in [0, 0.05) is 49.1 Å². The summed E-state index contributed by atoms with van der Waals surface area (Å²) >= 11 is 4.99. The van der Waals surface area contributed by atoms with Gasteiger partial charge >= 0.3 is 0 Å². The standard InChI is InChI=1S/C14H13F2N3S/c15-11-2-1-3-12(16)10(11)8-19-5-4-13-9(7-19)6-17-14(20)18-13/h1-3,6H,4-5,7-8H2,(H,17,18,20). The van der Waals surface area contributed by atoms with Crippen molar-refractivity contribution in [2.75, 3.05) is 6.54 Å². The maximum Gasteiger partial charge on any atom is 0.196 e. The first-order valence-electron chi connectivity index (χ1n) is 6.36. The normalized spacial score (nSPS) is 15.1. The molecule has 0 atom stereocenters. The minimum atomic E-state index is -0.499. The van der Waals surface area contributed by atoms with Gasteiger partial charge < -0.3 is 4.98 Å². The van der Waals surface area contributed by atoms with Crippen LogP contribution in [-0.4, -0.2) is 21.4 Å². The number of aromatic amines is 1. The number of fused-ring (bicyclic) bond motifs is 1. The quantitative estimate of drug-likeness (QED) is 0.864. The monoisotopic (exact) mass is 293 g/mol. The zero-order chi connectivity index (χ0) is 14.1. The number of rotatable bonds is 2. The molecule has 6 heteroatoms. The number of aromatic nitrogens is 2. The van der Waals surface area contributed by atoms with E-state index < -0.39 is 11.6 Å². The second-order valence-corrected chi connectivity index (χ2v) is 5.24. The highest BCUT2D eigenvalue weighted by Gasteiger charge is 2.19. The van der Waals surface area contributed by atoms with Gasteiger partial charge in [-0.3, -0.25) is 4.90 Å². The van der Waals surface area contributed by atoms with E-state index in [9.17, 15) is 8.78 Å². The summed E-state index contributed by atoms with van der Waals surface area (Å²) in [6.45, 7) is 1.60. The van der Waals surface area contributed by atoms with Gasteiger partial charge in [0.2, 0.25) is 0 Å². The van der Waals surface area contributed by atoms with E-state index in [0.717, 1.165) is 24.2 Å². The summed E-state index contributed by atoms with van der Waals surface area (Å²) in [5.41, 5.74) is 2.21. The molecule has 104 valence electrons. The second-order valence-electron chi connectivity index (χ2n) is 4.85. The van der Waals surface area contributed by atoms with Gasteiger partial charge in [0.05, 0.1) is 0 Å². The third kappa shape index (κ3) is 2.62. The summed E-state index contributed by atoms with van der Waals surface area (Å²) in [5, 5.41) is 0. The fraction of sp³-hybridized carbons (Fsp3) is 0.286. The Labute approximate surface area is 120 Å². The third-order valence-electron chi connectivity index (χ3n) is 3.50. The minimum Gasteiger partial charge on any atom is -0.334 e. The van der Waals surface area contributed by atoms with Gasteiger partial charge in [0.15, 0.2) is 4.77 Å². The van der Waals surface area contributed by atoms with Crippen molar-refractivity contribution in [1.82, 2.24) is 14.9 Å². The molecule has 3 rings (SSSR count). The van der Waals surface area contributed by atoms with Crippen molar-refractivity contribution in [3.63, 3.8) is 0 Å². The maximum absolute atomic E-state index is 13.7. The summed E-state index contributed by atoms with van der Waals surface area (Å²) in [5.74, 6) is -0.997. The predicted molar refractivity (Wildman–Crippen MR) is 73.6 cm³/mol. The SMILES string of the molecule is Fc1cccc(F)c1CN1CCc2[nH]c(=S)ncc2C1. The van der Waals surface area contributed by atoms with Crippen LogP contribution in [0.2, 0.25) is 0 Å². The molecule has 0 aliphatic carbocycles. The number of benzene rings is 1. The number of halogens is 2. The highest BCUT2D eigenvalue weighted by atomic mass is 32.1. The first-order chi connectivity index (χ1) is 9.63. The maximum atomic E-state index is 13.7. The van der Waals surface area contributed by atoms with Crippen molar-refractivity contribution in [2.45, 2.75) is 19.5 Å². The Balaban J connectivity index is 1.81. The lowest BCUT2D eigenvalue weighted by atomic mass is 10.1. The molecule has 0 amide bonds. The number of nitrogens with zero attached hydrogens (tertiary/aromatic N) is 2. The molecule has 1 aromatic carbocycles. The highest BCUT2D eigenvalue weighted by molar-refractivity contribution is 7.71. The Bertz CT molecular complexity index is 679. The van der Waals surface area contributed by atoms with Crippen molar-refractivity contribution in [3.8, 4) is 0 Å². The van der Waals surface area contributed by atoms with Crippen molar-refractivity contribution < 1.29 is 8.78 Å². The van der Waals surface area contributed by atoms with E-state index in [4.69, 9.17) is 12.2 Å². The fourth-order valence-electron chi connectivity index (χ4n) is 2.45. The summed E-state index contributed by atoms with van der Waals surface area (Å²) in [4.78, 5) is 9.12. The van der Waals surface area contributed by atoms with Gasteiger partial charge in [-0.25, -0.2) is 13.8 Å². The number of H-pyrrole nitrogens is 1. The number of hydrogen-bond donors (Lipinski definition) is 1. The van der Waals surface area contributed by atoms with Crippen LogP contribution in [-0.2, 0) is 19.5 Å². The minimum absolute atomic E-state index is 0.118. The molecule has 1 aliphatic rings. The lowest BCUT2D eigenvalue weighted by Gasteiger charge is -2.28. The van der Waals surface area contributed by atoms with Crippen LogP contribution in [0, 0.1) is 16.4 Å². The molecule has 0 spiro atoms. The molecule has 0 bridgehead atoms. The lowest BCUT2D eigenvalue weighted by Crippen LogP contribution is -2.31. The summed E-state index contributed by atoms with van der Waals surface area (Å²) < 4.78 is 27.8. The lowest BCUT2D eigenvalue weighted by molar-refractivity contribution is 0.235. The van der Waals surface area contributed by atoms with E-state index in [1.54, 1.807) is 6.20 Å². The van der Waals surface area contributed by atoms with Crippen LogP contribution in [0.25, 0.3) is 0 Å². The van der Waals surface area contributed by atoms with Gasteiger partial charge in [-0.2, -0.15) is 0 Å². The molecule has 0 unspecified atom stereocenters. The molecule has 0 saturated heterocycles. The molecule has 0 fully saturated rings. The smallest absolute Gasteiger partial charge is 0.196 e. The highest BCUT2D eigenvalue weighted by Crippen LogP contribution is 2.20. The molecule has 20 heavy (non-hydrogen) atoms.